The molecule has 2 heteroatoms. The molecule has 2 atom stereocenters. The van der Waals surface area contributed by atoms with Crippen molar-refractivity contribution in [2.24, 2.45) is 5.92 Å². The van der Waals surface area contributed by atoms with E-state index in [1.54, 1.807) is 0 Å². The van der Waals surface area contributed by atoms with Gasteiger partial charge in [-0.2, -0.15) is 0 Å². The van der Waals surface area contributed by atoms with Gasteiger partial charge in [0.25, 0.3) is 0 Å². The summed E-state index contributed by atoms with van der Waals surface area (Å²) in [6.07, 6.45) is 4.87. The molecule has 2 unspecified atom stereocenters. The van der Waals surface area contributed by atoms with Gasteiger partial charge in [-0.3, -0.25) is 4.90 Å². The van der Waals surface area contributed by atoms with Gasteiger partial charge < -0.3 is 5.11 Å². The number of rotatable bonds is 5. The fourth-order valence-electron chi connectivity index (χ4n) is 3.19. The van der Waals surface area contributed by atoms with E-state index in [4.69, 9.17) is 0 Å². The molecule has 19 heavy (non-hydrogen) atoms. The third-order valence-corrected chi connectivity index (χ3v) is 4.52. The molecular weight excluding hydrogens is 234 g/mol. The summed E-state index contributed by atoms with van der Waals surface area (Å²) in [5.74, 6) is 0.905. The second-order valence-corrected chi connectivity index (χ2v) is 5.86. The molecule has 2 rings (SSSR count). The second kappa shape index (κ2) is 7.06. The van der Waals surface area contributed by atoms with E-state index in [2.05, 4.69) is 18.7 Å². The summed E-state index contributed by atoms with van der Waals surface area (Å²) in [5.41, 5.74) is 1.03. The molecule has 0 aliphatic carbocycles. The minimum absolute atomic E-state index is 0.213. The lowest BCUT2D eigenvalue weighted by atomic mass is 9.91. The van der Waals surface area contributed by atoms with E-state index in [0.717, 1.165) is 24.6 Å². The first-order chi connectivity index (χ1) is 9.22. The van der Waals surface area contributed by atoms with Crippen molar-refractivity contribution in [2.75, 3.05) is 13.1 Å². The van der Waals surface area contributed by atoms with Gasteiger partial charge in [0, 0.05) is 6.04 Å². The second-order valence-electron chi connectivity index (χ2n) is 5.86. The van der Waals surface area contributed by atoms with Gasteiger partial charge in [-0.05, 0) is 44.3 Å². The molecule has 1 fully saturated rings. The molecule has 0 amide bonds. The normalized spacial score (nSPS) is 21.2. The van der Waals surface area contributed by atoms with Crippen molar-refractivity contribution in [2.45, 2.75) is 51.7 Å². The van der Waals surface area contributed by atoms with Gasteiger partial charge in [-0.15, -0.1) is 0 Å². The van der Waals surface area contributed by atoms with E-state index >= 15 is 0 Å². The molecule has 2 nitrogen and oxygen atoms in total. The van der Waals surface area contributed by atoms with Crippen LogP contribution in [0, 0.1) is 5.92 Å². The van der Waals surface area contributed by atoms with Crippen LogP contribution in [0.1, 0.15) is 51.2 Å². The average molecular weight is 261 g/mol. The van der Waals surface area contributed by atoms with E-state index in [1.165, 1.54) is 25.7 Å². The van der Waals surface area contributed by atoms with Crippen molar-refractivity contribution in [3.63, 3.8) is 0 Å². The van der Waals surface area contributed by atoms with Crippen LogP contribution >= 0.6 is 0 Å². The van der Waals surface area contributed by atoms with E-state index in [9.17, 15) is 5.11 Å². The highest BCUT2D eigenvalue weighted by Gasteiger charge is 2.26. The van der Waals surface area contributed by atoms with Gasteiger partial charge in [0.1, 0.15) is 0 Å². The zero-order valence-electron chi connectivity index (χ0n) is 12.3. The molecule has 0 bridgehead atoms. The first kappa shape index (κ1) is 14.5. The average Bonchev–Trinajstić information content (AvgIpc) is 2.48. The van der Waals surface area contributed by atoms with Gasteiger partial charge in [0.2, 0.25) is 0 Å². The number of hydrogen-bond donors (Lipinski definition) is 1. The van der Waals surface area contributed by atoms with Crippen LogP contribution in [0.3, 0.4) is 0 Å². The topological polar surface area (TPSA) is 23.5 Å². The summed E-state index contributed by atoms with van der Waals surface area (Å²) >= 11 is 0. The van der Waals surface area contributed by atoms with Crippen molar-refractivity contribution >= 4 is 0 Å². The summed E-state index contributed by atoms with van der Waals surface area (Å²) in [6.45, 7) is 6.69. The lowest BCUT2D eigenvalue weighted by Gasteiger charge is -2.38. The highest BCUT2D eigenvalue weighted by Crippen LogP contribution is 2.27. The number of hydrogen-bond acceptors (Lipinski definition) is 2. The molecule has 1 N–H and O–H groups in total. The highest BCUT2D eigenvalue weighted by molar-refractivity contribution is 5.18. The Morgan fingerprint density at radius 2 is 1.84 bits per heavy atom. The molecule has 1 aromatic rings. The number of aliphatic hydroxyl groups excluding tert-OH is 1. The number of benzene rings is 1. The Morgan fingerprint density at radius 3 is 2.42 bits per heavy atom. The maximum atomic E-state index is 10.5. The molecule has 0 saturated carbocycles. The van der Waals surface area contributed by atoms with Crippen molar-refractivity contribution in [3.8, 4) is 0 Å². The van der Waals surface area contributed by atoms with Gasteiger partial charge in [0.15, 0.2) is 0 Å². The van der Waals surface area contributed by atoms with Crippen molar-refractivity contribution in [1.29, 1.82) is 0 Å². The summed E-state index contributed by atoms with van der Waals surface area (Å²) in [5, 5.41) is 10.5. The first-order valence-electron chi connectivity index (χ1n) is 7.69. The molecule has 0 spiro atoms. The Labute approximate surface area is 117 Å². The van der Waals surface area contributed by atoms with Crippen LogP contribution in [0.4, 0.5) is 0 Å². The van der Waals surface area contributed by atoms with Crippen molar-refractivity contribution in [1.82, 2.24) is 4.90 Å². The summed E-state index contributed by atoms with van der Waals surface area (Å²) in [7, 11) is 0. The fourth-order valence-corrected chi connectivity index (χ4v) is 3.19. The largest absolute Gasteiger partial charge is 0.387 e. The monoisotopic (exact) mass is 261 g/mol. The van der Waals surface area contributed by atoms with Crippen LogP contribution in [0.2, 0.25) is 0 Å². The summed E-state index contributed by atoms with van der Waals surface area (Å²) < 4.78 is 0. The zero-order valence-corrected chi connectivity index (χ0v) is 12.3. The predicted octanol–water partition coefficient (Wildman–Crippen LogP) is 3.62. The Morgan fingerprint density at radius 1 is 1.21 bits per heavy atom. The zero-order chi connectivity index (χ0) is 13.7. The number of nitrogens with zero attached hydrogens (tertiary/aromatic N) is 1. The van der Waals surface area contributed by atoms with Crippen LogP contribution in [0.15, 0.2) is 30.3 Å². The molecule has 0 radical (unpaired) electrons. The van der Waals surface area contributed by atoms with Crippen LogP contribution in [-0.2, 0) is 0 Å². The summed E-state index contributed by atoms with van der Waals surface area (Å²) in [4.78, 5) is 2.45. The van der Waals surface area contributed by atoms with E-state index in [1.807, 2.05) is 30.3 Å². The molecule has 106 valence electrons. The lowest BCUT2D eigenvalue weighted by Crippen LogP contribution is -2.42. The van der Waals surface area contributed by atoms with Crippen LogP contribution in [0.25, 0.3) is 0 Å². The Kier molecular flexibility index (Phi) is 5.41. The highest BCUT2D eigenvalue weighted by atomic mass is 16.3. The maximum Gasteiger partial charge on any atom is 0.0942 e. The molecule has 1 aliphatic rings. The fraction of sp³-hybridized carbons (Fsp3) is 0.647. The Bertz CT molecular complexity index is 357. The standard InChI is InChI=1S/C17H27NO/c1-3-7-15-10-12-18(13-11-15)14(2)17(19)16-8-5-4-6-9-16/h4-6,8-9,14-15,17,19H,3,7,10-13H2,1-2H3. The van der Waals surface area contributed by atoms with Crippen LogP contribution < -0.4 is 0 Å². The molecule has 1 aromatic carbocycles. The number of aliphatic hydroxyl groups is 1. The lowest BCUT2D eigenvalue weighted by molar-refractivity contribution is 0.0364. The van der Waals surface area contributed by atoms with Crippen molar-refractivity contribution in [3.05, 3.63) is 35.9 Å². The van der Waals surface area contributed by atoms with Crippen LogP contribution in [-0.4, -0.2) is 29.1 Å². The van der Waals surface area contributed by atoms with Gasteiger partial charge in [-0.25, -0.2) is 0 Å². The molecule has 1 saturated heterocycles. The predicted molar refractivity (Wildman–Crippen MR) is 80.1 cm³/mol. The third-order valence-electron chi connectivity index (χ3n) is 4.52. The maximum absolute atomic E-state index is 10.5. The quantitative estimate of drug-likeness (QED) is 0.875. The van der Waals surface area contributed by atoms with E-state index < -0.39 is 0 Å². The molecular formula is C17H27NO. The summed E-state index contributed by atoms with van der Waals surface area (Å²) in [6, 6.07) is 10.2. The number of likely N-dealkylation sites (tertiary alicyclic amines) is 1. The third kappa shape index (κ3) is 3.80. The van der Waals surface area contributed by atoms with Crippen LogP contribution in [0.5, 0.6) is 0 Å². The molecule has 0 aromatic heterocycles. The van der Waals surface area contributed by atoms with Gasteiger partial charge >= 0.3 is 0 Å². The smallest absolute Gasteiger partial charge is 0.0942 e. The van der Waals surface area contributed by atoms with Gasteiger partial charge in [0.05, 0.1) is 6.10 Å². The SMILES string of the molecule is CCCC1CCN(C(C)C(O)c2ccccc2)CC1. The molecule has 1 heterocycles. The first-order valence-corrected chi connectivity index (χ1v) is 7.69. The van der Waals surface area contributed by atoms with E-state index in [-0.39, 0.29) is 12.1 Å². The molecule has 1 aliphatic heterocycles. The number of piperidine rings is 1. The van der Waals surface area contributed by atoms with Gasteiger partial charge in [-0.1, -0.05) is 50.1 Å². The van der Waals surface area contributed by atoms with Crippen molar-refractivity contribution < 1.29 is 5.11 Å². The minimum atomic E-state index is -0.371. The Balaban J connectivity index is 1.89. The minimum Gasteiger partial charge on any atom is -0.387 e. The Hall–Kier alpha value is -0.860. The van der Waals surface area contributed by atoms with E-state index in [0.29, 0.717) is 0 Å².